The predicted octanol–water partition coefficient (Wildman–Crippen LogP) is 5.77. The molecular formula is C22H26FN. The van der Waals surface area contributed by atoms with E-state index >= 15 is 0 Å². The summed E-state index contributed by atoms with van der Waals surface area (Å²) in [7, 11) is 0. The minimum Gasteiger partial charge on any atom is -0.297 e. The van der Waals surface area contributed by atoms with Crippen molar-refractivity contribution in [2.75, 3.05) is 13.1 Å². The third kappa shape index (κ3) is 4.12. The zero-order chi connectivity index (χ0) is 16.9. The van der Waals surface area contributed by atoms with E-state index < -0.39 is 0 Å². The lowest BCUT2D eigenvalue weighted by atomic mass is 10.00. The molecule has 1 unspecified atom stereocenters. The number of rotatable bonds is 4. The Kier molecular flexibility index (Phi) is 5.47. The molecule has 1 nitrogen and oxygen atoms in total. The predicted molar refractivity (Wildman–Crippen MR) is 100 cm³/mol. The van der Waals surface area contributed by atoms with Crippen molar-refractivity contribution < 1.29 is 4.39 Å². The van der Waals surface area contributed by atoms with Crippen molar-refractivity contribution in [3.63, 3.8) is 0 Å². The summed E-state index contributed by atoms with van der Waals surface area (Å²) in [4.78, 5) is 2.57. The average molecular weight is 323 g/mol. The van der Waals surface area contributed by atoms with Gasteiger partial charge >= 0.3 is 0 Å². The molecule has 0 aromatic heterocycles. The smallest absolute Gasteiger partial charge is 0.123 e. The second-order valence-electron chi connectivity index (χ2n) is 6.81. The first kappa shape index (κ1) is 16.9. The summed E-state index contributed by atoms with van der Waals surface area (Å²) in [5.41, 5.74) is 4.74. The van der Waals surface area contributed by atoms with Gasteiger partial charge < -0.3 is 0 Å². The molecule has 2 aromatic carbocycles. The molecule has 2 aromatic rings. The topological polar surface area (TPSA) is 3.24 Å². The van der Waals surface area contributed by atoms with Crippen molar-refractivity contribution in [2.24, 2.45) is 0 Å². The molecule has 1 atom stereocenters. The Morgan fingerprint density at radius 1 is 1.04 bits per heavy atom. The molecule has 126 valence electrons. The zero-order valence-electron chi connectivity index (χ0n) is 14.6. The number of piperidine rings is 1. The van der Waals surface area contributed by atoms with Crippen molar-refractivity contribution in [3.05, 3.63) is 66.0 Å². The van der Waals surface area contributed by atoms with Gasteiger partial charge in [0.05, 0.1) is 0 Å². The highest BCUT2D eigenvalue weighted by Crippen LogP contribution is 2.23. The van der Waals surface area contributed by atoms with E-state index in [0.717, 1.165) is 17.7 Å². The summed E-state index contributed by atoms with van der Waals surface area (Å²) in [6.45, 7) is 6.77. The van der Waals surface area contributed by atoms with Crippen molar-refractivity contribution in [3.8, 4) is 11.1 Å². The van der Waals surface area contributed by atoms with Gasteiger partial charge in [0.1, 0.15) is 5.82 Å². The van der Waals surface area contributed by atoms with Crippen LogP contribution in [0.4, 0.5) is 4.39 Å². The van der Waals surface area contributed by atoms with Crippen LogP contribution < -0.4 is 0 Å². The number of hydrogen-bond acceptors (Lipinski definition) is 1. The zero-order valence-corrected chi connectivity index (χ0v) is 14.6. The molecule has 0 saturated carbocycles. The summed E-state index contributed by atoms with van der Waals surface area (Å²) in [6.07, 6.45) is 6.35. The number of allylic oxidation sites excluding steroid dienone is 1. The lowest BCUT2D eigenvalue weighted by molar-refractivity contribution is 0.179. The van der Waals surface area contributed by atoms with Gasteiger partial charge in [-0.1, -0.05) is 48.9 Å². The third-order valence-corrected chi connectivity index (χ3v) is 5.09. The highest BCUT2D eigenvalue weighted by Gasteiger charge is 2.16. The van der Waals surface area contributed by atoms with Crippen LogP contribution in [0, 0.1) is 5.82 Å². The summed E-state index contributed by atoms with van der Waals surface area (Å²) < 4.78 is 13.0. The molecule has 0 bridgehead atoms. The molecule has 1 aliphatic heterocycles. The van der Waals surface area contributed by atoms with Crippen LogP contribution in [0.5, 0.6) is 0 Å². The summed E-state index contributed by atoms with van der Waals surface area (Å²) in [6, 6.07) is 15.9. The Hall–Kier alpha value is -1.93. The van der Waals surface area contributed by atoms with E-state index in [9.17, 15) is 4.39 Å². The Labute approximate surface area is 144 Å². The monoisotopic (exact) mass is 323 g/mol. The van der Waals surface area contributed by atoms with Gasteiger partial charge in [-0.3, -0.25) is 4.90 Å². The molecule has 3 rings (SSSR count). The quantitative estimate of drug-likeness (QED) is 0.690. The van der Waals surface area contributed by atoms with Crippen LogP contribution in [-0.4, -0.2) is 24.0 Å². The number of hydrogen-bond donors (Lipinski definition) is 0. The molecule has 1 saturated heterocycles. The fourth-order valence-electron chi connectivity index (χ4n) is 3.37. The fourth-order valence-corrected chi connectivity index (χ4v) is 3.37. The van der Waals surface area contributed by atoms with Crippen molar-refractivity contribution in [1.82, 2.24) is 4.90 Å². The van der Waals surface area contributed by atoms with Crippen molar-refractivity contribution >= 4 is 5.57 Å². The van der Waals surface area contributed by atoms with Gasteiger partial charge in [-0.15, -0.1) is 0 Å². The number of likely N-dealkylation sites (tertiary alicyclic amines) is 1. The van der Waals surface area contributed by atoms with Crippen LogP contribution >= 0.6 is 0 Å². The molecule has 1 aliphatic rings. The van der Waals surface area contributed by atoms with Crippen LogP contribution in [0.15, 0.2) is 54.6 Å². The van der Waals surface area contributed by atoms with Gasteiger partial charge in [0, 0.05) is 12.6 Å². The maximum atomic E-state index is 13.0. The van der Waals surface area contributed by atoms with E-state index in [4.69, 9.17) is 0 Å². The summed E-state index contributed by atoms with van der Waals surface area (Å²) >= 11 is 0. The van der Waals surface area contributed by atoms with E-state index in [1.807, 2.05) is 12.1 Å². The summed E-state index contributed by atoms with van der Waals surface area (Å²) in [5, 5.41) is 0. The van der Waals surface area contributed by atoms with Crippen LogP contribution in [0.3, 0.4) is 0 Å². The van der Waals surface area contributed by atoms with Crippen LogP contribution in [0.2, 0.25) is 0 Å². The van der Waals surface area contributed by atoms with E-state index in [1.165, 1.54) is 49.1 Å². The first-order valence-corrected chi connectivity index (χ1v) is 8.90. The normalized spacial score (nSPS) is 19.5. The minimum absolute atomic E-state index is 0.193. The molecule has 1 heterocycles. The van der Waals surface area contributed by atoms with E-state index in [1.54, 1.807) is 0 Å². The number of benzene rings is 2. The van der Waals surface area contributed by atoms with Crippen molar-refractivity contribution in [1.29, 1.82) is 0 Å². The first-order chi connectivity index (χ1) is 11.6. The average Bonchev–Trinajstić information content (AvgIpc) is 2.62. The molecular weight excluding hydrogens is 297 g/mol. The van der Waals surface area contributed by atoms with Gasteiger partial charge in [0.25, 0.3) is 0 Å². The SMILES string of the molecule is CC(=CCN1CCCCC1C)c1ccc(-c2ccc(F)cc2)cc1. The van der Waals surface area contributed by atoms with Crippen LogP contribution in [0.25, 0.3) is 16.7 Å². The Morgan fingerprint density at radius 2 is 1.67 bits per heavy atom. The first-order valence-electron chi connectivity index (χ1n) is 8.90. The largest absolute Gasteiger partial charge is 0.297 e. The maximum absolute atomic E-state index is 13.0. The van der Waals surface area contributed by atoms with Crippen molar-refractivity contribution in [2.45, 2.75) is 39.2 Å². The second-order valence-corrected chi connectivity index (χ2v) is 6.81. The van der Waals surface area contributed by atoms with Gasteiger partial charge in [0.15, 0.2) is 0 Å². The Balaban J connectivity index is 1.68. The second kappa shape index (κ2) is 7.76. The van der Waals surface area contributed by atoms with Crippen LogP contribution in [0.1, 0.15) is 38.7 Å². The fraction of sp³-hybridized carbons (Fsp3) is 0.364. The van der Waals surface area contributed by atoms with Crippen LogP contribution in [-0.2, 0) is 0 Å². The van der Waals surface area contributed by atoms with Gasteiger partial charge in [0.2, 0.25) is 0 Å². The molecule has 2 heteroatoms. The molecule has 0 radical (unpaired) electrons. The third-order valence-electron chi connectivity index (χ3n) is 5.09. The van der Waals surface area contributed by atoms with Gasteiger partial charge in [-0.2, -0.15) is 0 Å². The standard InChI is InChI=1S/C22H26FN/c1-17(14-16-24-15-4-3-5-18(24)2)19-6-8-20(9-7-19)21-10-12-22(23)13-11-21/h6-14,18H,3-5,15-16H2,1-2H3. The van der Waals surface area contributed by atoms with E-state index in [0.29, 0.717) is 6.04 Å². The number of nitrogens with zero attached hydrogens (tertiary/aromatic N) is 1. The molecule has 24 heavy (non-hydrogen) atoms. The van der Waals surface area contributed by atoms with E-state index in [2.05, 4.69) is 49.1 Å². The summed E-state index contributed by atoms with van der Waals surface area (Å²) in [5.74, 6) is -0.193. The highest BCUT2D eigenvalue weighted by molar-refractivity contribution is 5.69. The minimum atomic E-state index is -0.193. The maximum Gasteiger partial charge on any atom is 0.123 e. The Morgan fingerprint density at radius 3 is 2.29 bits per heavy atom. The molecule has 0 amide bonds. The van der Waals surface area contributed by atoms with Gasteiger partial charge in [-0.25, -0.2) is 4.39 Å². The Bertz CT molecular complexity index is 685. The van der Waals surface area contributed by atoms with E-state index in [-0.39, 0.29) is 5.82 Å². The number of halogens is 1. The lowest BCUT2D eigenvalue weighted by Crippen LogP contribution is -2.37. The van der Waals surface area contributed by atoms with Gasteiger partial charge in [-0.05, 0) is 67.6 Å². The molecule has 0 aliphatic carbocycles. The molecule has 0 spiro atoms. The lowest BCUT2D eigenvalue weighted by Gasteiger charge is -2.32. The highest BCUT2D eigenvalue weighted by atomic mass is 19.1. The molecule has 0 N–H and O–H groups in total. The molecule has 1 fully saturated rings.